The molecule has 3 fully saturated rings. The van der Waals surface area contributed by atoms with E-state index >= 15 is 0 Å². The second-order valence-corrected chi connectivity index (χ2v) is 11.2. The molecule has 35 heavy (non-hydrogen) atoms. The average molecular weight is 504 g/mol. The molecule has 3 N–H and O–H groups in total. The summed E-state index contributed by atoms with van der Waals surface area (Å²) in [5, 5.41) is 16.1. The van der Waals surface area contributed by atoms with Gasteiger partial charge in [-0.25, -0.2) is 0 Å². The van der Waals surface area contributed by atoms with E-state index in [-0.39, 0.29) is 29.6 Å². The van der Waals surface area contributed by atoms with Gasteiger partial charge in [-0.2, -0.15) is 0 Å². The van der Waals surface area contributed by atoms with E-state index in [1.54, 1.807) is 28.8 Å². The molecule has 0 saturated carbocycles. The number of hydrogen-bond donors (Lipinski definition) is 3. The van der Waals surface area contributed by atoms with Gasteiger partial charge in [0.05, 0.1) is 35.8 Å². The fourth-order valence-electron chi connectivity index (χ4n) is 6.01. The molecule has 1 aromatic carbocycles. The quantitative estimate of drug-likeness (QED) is 0.401. The van der Waals surface area contributed by atoms with Crippen molar-refractivity contribution in [2.75, 3.05) is 25.1 Å². The number of carbonyl (C=O) groups is 3. The smallest absolute Gasteiger partial charge is 0.244 e. The minimum absolute atomic E-state index is 0.00561. The van der Waals surface area contributed by atoms with E-state index in [2.05, 4.69) is 17.6 Å². The Morgan fingerprint density at radius 1 is 1.23 bits per heavy atom. The zero-order valence-electron chi connectivity index (χ0n) is 20.8. The van der Waals surface area contributed by atoms with Crippen molar-refractivity contribution < 1.29 is 24.2 Å². The molecule has 2 unspecified atom stereocenters. The van der Waals surface area contributed by atoms with Crippen molar-refractivity contribution in [2.45, 2.75) is 75.0 Å². The molecule has 1 spiro atoms. The van der Waals surface area contributed by atoms with Crippen molar-refractivity contribution in [1.82, 2.24) is 10.2 Å². The molecule has 6 atom stereocenters. The van der Waals surface area contributed by atoms with E-state index in [1.165, 1.54) is 0 Å². The number of aliphatic hydroxyl groups is 1. The number of aliphatic hydroxyl groups excluding tert-OH is 1. The van der Waals surface area contributed by atoms with Crippen LogP contribution in [0.25, 0.3) is 0 Å². The van der Waals surface area contributed by atoms with Gasteiger partial charge in [-0.05, 0) is 56.9 Å². The van der Waals surface area contributed by atoms with Crippen molar-refractivity contribution >= 4 is 35.2 Å². The molecule has 3 heterocycles. The number of likely N-dealkylation sites (tertiary alicyclic amines) is 1. The second kappa shape index (κ2) is 10.8. The van der Waals surface area contributed by atoms with Gasteiger partial charge in [0, 0.05) is 17.5 Å². The largest absolute Gasteiger partial charge is 0.494 e. The van der Waals surface area contributed by atoms with Gasteiger partial charge in [-0.3, -0.25) is 14.4 Å². The zero-order chi connectivity index (χ0) is 25.2. The minimum atomic E-state index is -0.674. The molecule has 0 aliphatic carbocycles. The van der Waals surface area contributed by atoms with E-state index in [9.17, 15) is 19.5 Å². The van der Waals surface area contributed by atoms with E-state index in [4.69, 9.17) is 4.74 Å². The first-order valence-electron chi connectivity index (χ1n) is 12.8. The van der Waals surface area contributed by atoms with E-state index in [1.807, 2.05) is 26.0 Å². The summed E-state index contributed by atoms with van der Waals surface area (Å²) in [5.41, 5.74) is 0.651. The molecule has 3 amide bonds. The molecule has 0 radical (unpaired) electrons. The Bertz CT molecular complexity index is 937. The summed E-state index contributed by atoms with van der Waals surface area (Å²) in [6.45, 7) is 6.80. The Labute approximate surface area is 211 Å². The Balaban J connectivity index is 1.61. The number of carbonyl (C=O) groups excluding carboxylic acids is 3. The lowest BCUT2D eigenvalue weighted by Crippen LogP contribution is -2.56. The Morgan fingerprint density at radius 3 is 2.60 bits per heavy atom. The van der Waals surface area contributed by atoms with E-state index in [0.29, 0.717) is 25.3 Å². The van der Waals surface area contributed by atoms with Crippen LogP contribution in [0.2, 0.25) is 0 Å². The first-order valence-corrected chi connectivity index (χ1v) is 13.7. The van der Waals surface area contributed by atoms with Crippen molar-refractivity contribution in [1.29, 1.82) is 0 Å². The number of fused-ring (bicyclic) bond motifs is 1. The third kappa shape index (κ3) is 4.53. The Hall–Kier alpha value is -2.26. The second-order valence-electron chi connectivity index (χ2n) is 9.64. The van der Waals surface area contributed by atoms with E-state index < -0.39 is 28.7 Å². The molecular weight excluding hydrogens is 466 g/mol. The molecular formula is C26H37N3O5S. The van der Waals surface area contributed by atoms with Gasteiger partial charge >= 0.3 is 0 Å². The number of ether oxygens (including phenoxy) is 1. The summed E-state index contributed by atoms with van der Waals surface area (Å²) in [5.74, 6) is -0.884. The van der Waals surface area contributed by atoms with Gasteiger partial charge in [0.15, 0.2) is 0 Å². The lowest BCUT2D eigenvalue weighted by molar-refractivity contribution is -0.142. The van der Waals surface area contributed by atoms with Crippen LogP contribution in [0.5, 0.6) is 5.75 Å². The standard InChI is InChI=1S/C26H37N3O5S/c1-4-7-14-27-24(32)22-26-13-12-19(35-26)20(21(26)25(33)29(22)17(5-2)15-30)23(31)28-16-8-10-18(11-9-16)34-6-3/h8-11,17,19-22,30H,4-7,12-15H2,1-3H3,(H,27,32)(H,28,31)/t17-,19-,20+,21-,22?,26?/m0/s1. The normalized spacial score (nSPS) is 29.7. The highest BCUT2D eigenvalue weighted by Gasteiger charge is 2.74. The minimum Gasteiger partial charge on any atom is -0.494 e. The first-order chi connectivity index (χ1) is 16.9. The lowest BCUT2D eigenvalue weighted by Gasteiger charge is -2.36. The number of anilines is 1. The van der Waals surface area contributed by atoms with Gasteiger partial charge in [0.1, 0.15) is 11.8 Å². The van der Waals surface area contributed by atoms with Gasteiger partial charge in [0.25, 0.3) is 0 Å². The van der Waals surface area contributed by atoms with Crippen molar-refractivity contribution in [3.8, 4) is 5.75 Å². The van der Waals surface area contributed by atoms with Crippen LogP contribution in [0, 0.1) is 11.8 Å². The van der Waals surface area contributed by atoms with Crippen LogP contribution in [0.3, 0.4) is 0 Å². The Kier molecular flexibility index (Phi) is 7.96. The summed E-state index contributed by atoms with van der Waals surface area (Å²) in [6, 6.07) is 6.09. The number of unbranched alkanes of at least 4 members (excludes halogenated alkanes) is 1. The number of benzene rings is 1. The maximum absolute atomic E-state index is 13.9. The average Bonchev–Trinajstić information content (AvgIpc) is 3.49. The molecule has 3 saturated heterocycles. The first kappa shape index (κ1) is 25.8. The topological polar surface area (TPSA) is 108 Å². The van der Waals surface area contributed by atoms with Crippen LogP contribution >= 0.6 is 11.8 Å². The van der Waals surface area contributed by atoms with Gasteiger partial charge < -0.3 is 25.4 Å². The molecule has 3 aliphatic rings. The van der Waals surface area contributed by atoms with Crippen LogP contribution in [-0.2, 0) is 14.4 Å². The molecule has 192 valence electrons. The van der Waals surface area contributed by atoms with Crippen LogP contribution in [0.4, 0.5) is 5.69 Å². The molecule has 1 aromatic rings. The molecule has 9 heteroatoms. The summed E-state index contributed by atoms with van der Waals surface area (Å²) in [6.07, 6.45) is 3.87. The maximum Gasteiger partial charge on any atom is 0.244 e. The summed E-state index contributed by atoms with van der Waals surface area (Å²) < 4.78 is 4.84. The number of hydrogen-bond acceptors (Lipinski definition) is 6. The van der Waals surface area contributed by atoms with Crippen LogP contribution in [0.15, 0.2) is 24.3 Å². The fourth-order valence-corrected chi connectivity index (χ4v) is 8.22. The zero-order valence-corrected chi connectivity index (χ0v) is 21.6. The molecule has 4 rings (SSSR count). The van der Waals surface area contributed by atoms with Crippen LogP contribution in [-0.4, -0.2) is 69.6 Å². The van der Waals surface area contributed by atoms with Gasteiger partial charge in [0.2, 0.25) is 17.7 Å². The third-order valence-electron chi connectivity index (χ3n) is 7.63. The van der Waals surface area contributed by atoms with Gasteiger partial charge in [-0.1, -0.05) is 20.3 Å². The number of thioether (sulfide) groups is 1. The van der Waals surface area contributed by atoms with Crippen LogP contribution < -0.4 is 15.4 Å². The van der Waals surface area contributed by atoms with Crippen molar-refractivity contribution in [2.24, 2.45) is 11.8 Å². The summed E-state index contributed by atoms with van der Waals surface area (Å²) in [7, 11) is 0. The molecule has 2 bridgehead atoms. The highest BCUT2D eigenvalue weighted by atomic mass is 32.2. The Morgan fingerprint density at radius 2 is 1.97 bits per heavy atom. The molecule has 0 aromatic heterocycles. The lowest BCUT2D eigenvalue weighted by atomic mass is 9.70. The summed E-state index contributed by atoms with van der Waals surface area (Å²) in [4.78, 5) is 42.5. The monoisotopic (exact) mass is 503 g/mol. The van der Waals surface area contributed by atoms with Crippen molar-refractivity contribution in [3.05, 3.63) is 24.3 Å². The number of rotatable bonds is 11. The fraction of sp³-hybridized carbons (Fsp3) is 0.654. The van der Waals surface area contributed by atoms with Crippen LogP contribution in [0.1, 0.15) is 52.9 Å². The number of amides is 3. The maximum atomic E-state index is 13.9. The highest BCUT2D eigenvalue weighted by molar-refractivity contribution is 8.02. The van der Waals surface area contributed by atoms with Gasteiger partial charge in [-0.15, -0.1) is 11.8 Å². The predicted octanol–water partition coefficient (Wildman–Crippen LogP) is 2.80. The number of nitrogens with zero attached hydrogens (tertiary/aromatic N) is 1. The summed E-state index contributed by atoms with van der Waals surface area (Å²) >= 11 is 1.64. The predicted molar refractivity (Wildman–Crippen MR) is 136 cm³/mol. The SMILES string of the molecule is CCCCNC(=O)C1N([C@@H](CC)CO)C(=O)[C@@H]2[C@H](C(=O)Nc3ccc(OCC)cc3)[C@@H]3CCC12S3. The third-order valence-corrected chi connectivity index (χ3v) is 9.58. The molecule has 8 nitrogen and oxygen atoms in total. The van der Waals surface area contributed by atoms with E-state index in [0.717, 1.165) is 31.4 Å². The van der Waals surface area contributed by atoms with Crippen molar-refractivity contribution in [3.63, 3.8) is 0 Å². The molecule has 3 aliphatic heterocycles. The number of nitrogens with one attached hydrogen (secondary N) is 2. The highest BCUT2D eigenvalue weighted by Crippen LogP contribution is 2.66.